The highest BCUT2D eigenvalue weighted by molar-refractivity contribution is 9.10. The summed E-state index contributed by atoms with van der Waals surface area (Å²) in [5.74, 6) is 0. The Hall–Kier alpha value is -1.11. The quantitative estimate of drug-likeness (QED) is 0.838. The zero-order chi connectivity index (χ0) is 17.0. The largest absolute Gasteiger partial charge is 0.444 e. The summed E-state index contributed by atoms with van der Waals surface area (Å²) in [6, 6.07) is 8.50. The number of carbonyl (C=O) groups is 1. The third-order valence-electron chi connectivity index (χ3n) is 3.84. The number of hydrogen-bond acceptors (Lipinski definition) is 4. The fraction of sp³-hybridized carbons (Fsp3) is 0.588. The smallest absolute Gasteiger partial charge is 0.407 e. The Kier molecular flexibility index (Phi) is 6.06. The lowest BCUT2D eigenvalue weighted by atomic mass is 10.1. The number of nitrogens with one attached hydrogen (secondary N) is 1. The Morgan fingerprint density at radius 2 is 2.26 bits per heavy atom. The number of carbonyl (C=O) groups excluding carboxylic acids is 1. The van der Waals surface area contributed by atoms with Gasteiger partial charge >= 0.3 is 6.09 Å². The molecule has 1 aromatic carbocycles. The predicted molar refractivity (Wildman–Crippen MR) is 95.3 cm³/mol. The van der Waals surface area contributed by atoms with E-state index >= 15 is 0 Å². The van der Waals surface area contributed by atoms with Crippen molar-refractivity contribution in [3.8, 4) is 0 Å². The molecule has 1 fully saturated rings. The molecule has 0 unspecified atom stereocenters. The van der Waals surface area contributed by atoms with Crippen LogP contribution < -0.4 is 11.1 Å². The molecule has 0 radical (unpaired) electrons. The Morgan fingerprint density at radius 3 is 2.87 bits per heavy atom. The van der Waals surface area contributed by atoms with Crippen molar-refractivity contribution in [2.45, 2.75) is 44.9 Å². The predicted octanol–water partition coefficient (Wildman–Crippen LogP) is 3.05. The van der Waals surface area contributed by atoms with Crippen molar-refractivity contribution in [3.63, 3.8) is 0 Å². The molecule has 6 heteroatoms. The average Bonchev–Trinajstić information content (AvgIpc) is 2.85. The molecule has 1 aromatic rings. The summed E-state index contributed by atoms with van der Waals surface area (Å²) in [5, 5.41) is 2.95. The highest BCUT2D eigenvalue weighted by Crippen LogP contribution is 2.26. The van der Waals surface area contributed by atoms with E-state index in [2.05, 4.69) is 38.3 Å². The molecule has 1 aliphatic heterocycles. The van der Waals surface area contributed by atoms with Crippen molar-refractivity contribution in [3.05, 3.63) is 34.3 Å². The van der Waals surface area contributed by atoms with Gasteiger partial charge in [-0.05, 0) is 44.9 Å². The van der Waals surface area contributed by atoms with Gasteiger partial charge in [-0.15, -0.1) is 0 Å². The van der Waals surface area contributed by atoms with Gasteiger partial charge in [0.15, 0.2) is 0 Å². The number of amides is 1. The van der Waals surface area contributed by atoms with Crippen molar-refractivity contribution in [1.29, 1.82) is 0 Å². The fourth-order valence-electron chi connectivity index (χ4n) is 2.87. The number of hydrogen-bond donors (Lipinski definition) is 2. The second-order valence-corrected chi connectivity index (χ2v) is 7.85. The van der Waals surface area contributed by atoms with Crippen LogP contribution in [0.25, 0.3) is 0 Å². The van der Waals surface area contributed by atoms with Gasteiger partial charge in [0.05, 0.1) is 0 Å². The highest BCUT2D eigenvalue weighted by Gasteiger charge is 2.30. The molecule has 0 saturated carbocycles. The summed E-state index contributed by atoms with van der Waals surface area (Å²) in [4.78, 5) is 14.2. The molecule has 3 N–H and O–H groups in total. The summed E-state index contributed by atoms with van der Waals surface area (Å²) in [6.45, 7) is 7.85. The number of likely N-dealkylation sites (tertiary alicyclic amines) is 1. The maximum absolute atomic E-state index is 11.9. The summed E-state index contributed by atoms with van der Waals surface area (Å²) < 4.78 is 6.37. The first kappa shape index (κ1) is 18.2. The van der Waals surface area contributed by atoms with E-state index in [0.717, 1.165) is 24.0 Å². The molecule has 5 nitrogen and oxygen atoms in total. The van der Waals surface area contributed by atoms with Crippen LogP contribution in [0.5, 0.6) is 0 Å². The topological polar surface area (TPSA) is 67.6 Å². The van der Waals surface area contributed by atoms with Crippen molar-refractivity contribution in [2.24, 2.45) is 5.73 Å². The van der Waals surface area contributed by atoms with E-state index in [1.165, 1.54) is 5.56 Å². The van der Waals surface area contributed by atoms with Crippen LogP contribution in [0.4, 0.5) is 4.79 Å². The van der Waals surface area contributed by atoms with E-state index in [4.69, 9.17) is 10.5 Å². The molecule has 0 spiro atoms. The fourth-order valence-corrected chi connectivity index (χ4v) is 3.29. The van der Waals surface area contributed by atoms with Gasteiger partial charge in [0.25, 0.3) is 0 Å². The first-order chi connectivity index (χ1) is 10.8. The number of halogens is 1. The zero-order valence-corrected chi connectivity index (χ0v) is 15.6. The SMILES string of the molecule is CC(C)(C)OC(=O)N[C@@H]1CCN([C@H](CN)c2cccc(Br)c2)C1. The number of nitrogens with zero attached hydrogens (tertiary/aromatic N) is 1. The van der Waals surface area contributed by atoms with Crippen LogP contribution in [-0.4, -0.2) is 42.3 Å². The maximum atomic E-state index is 11.9. The van der Waals surface area contributed by atoms with Crippen molar-refractivity contribution in [1.82, 2.24) is 10.2 Å². The van der Waals surface area contributed by atoms with Crippen LogP contribution in [0.1, 0.15) is 38.8 Å². The van der Waals surface area contributed by atoms with Crippen LogP contribution in [0.15, 0.2) is 28.7 Å². The van der Waals surface area contributed by atoms with E-state index in [1.807, 2.05) is 32.9 Å². The molecule has 1 aliphatic rings. The molecule has 0 aromatic heterocycles. The number of nitrogens with two attached hydrogens (primary N) is 1. The Morgan fingerprint density at radius 1 is 1.52 bits per heavy atom. The minimum absolute atomic E-state index is 0.103. The molecule has 128 valence electrons. The molecule has 0 aliphatic carbocycles. The van der Waals surface area contributed by atoms with Crippen molar-refractivity contribution in [2.75, 3.05) is 19.6 Å². The van der Waals surface area contributed by atoms with Crippen LogP contribution in [0.3, 0.4) is 0 Å². The van der Waals surface area contributed by atoms with E-state index < -0.39 is 5.60 Å². The van der Waals surface area contributed by atoms with E-state index in [1.54, 1.807) is 0 Å². The Balaban J connectivity index is 1.94. The molecular weight excluding hydrogens is 358 g/mol. The van der Waals surface area contributed by atoms with Gasteiger partial charge in [0.1, 0.15) is 5.60 Å². The zero-order valence-electron chi connectivity index (χ0n) is 14.0. The Labute approximate surface area is 146 Å². The van der Waals surface area contributed by atoms with Crippen molar-refractivity contribution >= 4 is 22.0 Å². The van der Waals surface area contributed by atoms with Gasteiger partial charge in [-0.25, -0.2) is 4.79 Å². The van der Waals surface area contributed by atoms with E-state index in [-0.39, 0.29) is 18.2 Å². The highest BCUT2D eigenvalue weighted by atomic mass is 79.9. The third-order valence-corrected chi connectivity index (χ3v) is 4.33. The van der Waals surface area contributed by atoms with E-state index in [0.29, 0.717) is 6.54 Å². The molecule has 0 bridgehead atoms. The van der Waals surface area contributed by atoms with Gasteiger partial charge in [0.2, 0.25) is 0 Å². The second-order valence-electron chi connectivity index (χ2n) is 6.93. The molecule has 2 rings (SSSR count). The molecule has 2 atom stereocenters. The third kappa shape index (κ3) is 5.48. The summed E-state index contributed by atoms with van der Waals surface area (Å²) in [7, 11) is 0. The number of rotatable bonds is 4. The monoisotopic (exact) mass is 383 g/mol. The number of alkyl carbamates (subject to hydrolysis) is 1. The standard InChI is InChI=1S/C17H26BrN3O2/c1-17(2,3)23-16(22)20-14-7-8-21(11-14)15(10-19)12-5-4-6-13(18)9-12/h4-6,9,14-15H,7-8,10-11,19H2,1-3H3,(H,20,22)/t14-,15-/m1/s1. The van der Waals surface area contributed by atoms with Gasteiger partial charge in [-0.2, -0.15) is 0 Å². The lowest BCUT2D eigenvalue weighted by Crippen LogP contribution is -2.41. The first-order valence-electron chi connectivity index (χ1n) is 7.97. The van der Waals surface area contributed by atoms with Crippen LogP contribution in [0, 0.1) is 0 Å². The lowest BCUT2D eigenvalue weighted by molar-refractivity contribution is 0.0504. The second kappa shape index (κ2) is 7.64. The molecule has 23 heavy (non-hydrogen) atoms. The maximum Gasteiger partial charge on any atom is 0.407 e. The summed E-state index contributed by atoms with van der Waals surface area (Å²) in [6.07, 6.45) is 0.556. The lowest BCUT2D eigenvalue weighted by Gasteiger charge is -2.27. The molecule has 1 heterocycles. The van der Waals surface area contributed by atoms with Gasteiger partial charge in [0, 0.05) is 36.2 Å². The van der Waals surface area contributed by atoms with Crippen LogP contribution >= 0.6 is 15.9 Å². The van der Waals surface area contributed by atoms with Gasteiger partial charge in [-0.3, -0.25) is 4.90 Å². The minimum Gasteiger partial charge on any atom is -0.444 e. The average molecular weight is 384 g/mol. The minimum atomic E-state index is -0.474. The normalized spacial score (nSPS) is 20.3. The molecule has 1 saturated heterocycles. The van der Waals surface area contributed by atoms with Crippen molar-refractivity contribution < 1.29 is 9.53 Å². The number of benzene rings is 1. The van der Waals surface area contributed by atoms with Crippen LogP contribution in [0.2, 0.25) is 0 Å². The number of ether oxygens (including phenoxy) is 1. The first-order valence-corrected chi connectivity index (χ1v) is 8.77. The summed E-state index contributed by atoms with van der Waals surface area (Å²) in [5.41, 5.74) is 6.72. The van der Waals surface area contributed by atoms with Gasteiger partial charge in [-0.1, -0.05) is 28.1 Å². The van der Waals surface area contributed by atoms with Gasteiger partial charge < -0.3 is 15.8 Å². The summed E-state index contributed by atoms with van der Waals surface area (Å²) >= 11 is 3.51. The Bertz CT molecular complexity index is 545. The van der Waals surface area contributed by atoms with Crippen LogP contribution in [-0.2, 0) is 4.74 Å². The molecule has 1 amide bonds. The van der Waals surface area contributed by atoms with E-state index in [9.17, 15) is 4.79 Å². The molecular formula is C17H26BrN3O2.